The highest BCUT2D eigenvalue weighted by molar-refractivity contribution is 5.50. The second-order valence-corrected chi connectivity index (χ2v) is 5.66. The van der Waals surface area contributed by atoms with E-state index in [9.17, 15) is 0 Å². The molecule has 0 N–H and O–H groups in total. The van der Waals surface area contributed by atoms with E-state index in [0.717, 1.165) is 0 Å². The first-order chi connectivity index (χ1) is 7.91. The lowest BCUT2D eigenvalue weighted by Crippen LogP contribution is -2.02. The highest BCUT2D eigenvalue weighted by atomic mass is 14.7. The Morgan fingerprint density at radius 1 is 1.00 bits per heavy atom. The quantitative estimate of drug-likeness (QED) is 0.710. The molecule has 0 aromatic carbocycles. The van der Waals surface area contributed by atoms with E-state index in [0.29, 0.717) is 17.8 Å². The van der Waals surface area contributed by atoms with Crippen molar-refractivity contribution in [1.29, 1.82) is 0 Å². The molecule has 0 saturated carbocycles. The minimum absolute atomic E-state index is 0.496. The van der Waals surface area contributed by atoms with Crippen LogP contribution in [0.5, 0.6) is 0 Å². The lowest BCUT2D eigenvalue weighted by molar-refractivity contribution is 0.756. The first-order valence-corrected chi connectivity index (χ1v) is 6.59. The molecule has 0 atom stereocenters. The van der Waals surface area contributed by atoms with Crippen LogP contribution < -0.4 is 0 Å². The van der Waals surface area contributed by atoms with Gasteiger partial charge in [-0.05, 0) is 34.9 Å². The highest BCUT2D eigenvalue weighted by Gasteiger charge is 2.11. The van der Waals surface area contributed by atoms with Crippen molar-refractivity contribution in [2.75, 3.05) is 0 Å². The summed E-state index contributed by atoms with van der Waals surface area (Å²) in [7, 11) is 0. The zero-order valence-corrected chi connectivity index (χ0v) is 12.0. The number of rotatable bonds is 4. The first kappa shape index (κ1) is 14.0. The van der Waals surface area contributed by atoms with Gasteiger partial charge in [-0.15, -0.1) is 0 Å². The Labute approximate surface area is 106 Å². The predicted molar refractivity (Wildman–Crippen MR) is 76.3 cm³/mol. The molecule has 1 rings (SSSR count). The van der Waals surface area contributed by atoms with Crippen LogP contribution in [0.2, 0.25) is 0 Å². The van der Waals surface area contributed by atoms with Crippen LogP contribution >= 0.6 is 0 Å². The molecule has 1 aromatic rings. The fourth-order valence-electron chi connectivity index (χ4n) is 1.85. The molecule has 1 aromatic heterocycles. The summed E-state index contributed by atoms with van der Waals surface area (Å²) >= 11 is 0. The molecule has 0 spiro atoms. The topological polar surface area (TPSA) is 12.9 Å². The number of pyridine rings is 1. The Morgan fingerprint density at radius 3 is 2.12 bits per heavy atom. The molecule has 94 valence electrons. The van der Waals surface area contributed by atoms with Crippen molar-refractivity contribution in [3.8, 4) is 0 Å². The van der Waals surface area contributed by atoms with Crippen molar-refractivity contribution in [3.05, 3.63) is 35.2 Å². The molecule has 0 amide bonds. The number of aromatic nitrogens is 1. The third-order valence-electron chi connectivity index (χ3n) is 2.81. The summed E-state index contributed by atoms with van der Waals surface area (Å²) in [4.78, 5) is 4.63. The van der Waals surface area contributed by atoms with Crippen molar-refractivity contribution in [2.24, 2.45) is 5.92 Å². The molecule has 0 unspecified atom stereocenters. The molecule has 0 aliphatic carbocycles. The number of hydrogen-bond donors (Lipinski definition) is 0. The van der Waals surface area contributed by atoms with Crippen LogP contribution in [0, 0.1) is 5.92 Å². The molecule has 1 nitrogen and oxygen atoms in total. The van der Waals surface area contributed by atoms with E-state index in [-0.39, 0.29) is 0 Å². The SMILES string of the molecule is CC(C)/C=C/c1cnc(C(C)C)c(C(C)C)c1. The van der Waals surface area contributed by atoms with E-state index in [2.05, 4.69) is 64.7 Å². The molecular formula is C16H25N. The van der Waals surface area contributed by atoms with Crippen molar-refractivity contribution in [3.63, 3.8) is 0 Å². The van der Waals surface area contributed by atoms with Gasteiger partial charge in [0.25, 0.3) is 0 Å². The summed E-state index contributed by atoms with van der Waals surface area (Å²) in [6.45, 7) is 13.3. The maximum Gasteiger partial charge on any atom is 0.0463 e. The molecule has 0 fully saturated rings. The van der Waals surface area contributed by atoms with Crippen LogP contribution in [0.1, 0.15) is 70.2 Å². The fourth-order valence-corrected chi connectivity index (χ4v) is 1.85. The van der Waals surface area contributed by atoms with Crippen LogP contribution in [0.4, 0.5) is 0 Å². The average Bonchev–Trinajstić information content (AvgIpc) is 2.25. The van der Waals surface area contributed by atoms with Crippen molar-refractivity contribution >= 4 is 6.08 Å². The lowest BCUT2D eigenvalue weighted by Gasteiger charge is -2.15. The van der Waals surface area contributed by atoms with Gasteiger partial charge in [-0.25, -0.2) is 0 Å². The molecule has 0 radical (unpaired) electrons. The van der Waals surface area contributed by atoms with Gasteiger partial charge < -0.3 is 0 Å². The number of hydrogen-bond acceptors (Lipinski definition) is 1. The van der Waals surface area contributed by atoms with Gasteiger partial charge in [0.1, 0.15) is 0 Å². The summed E-state index contributed by atoms with van der Waals surface area (Å²) in [5.74, 6) is 1.62. The van der Waals surface area contributed by atoms with Gasteiger partial charge in [0.15, 0.2) is 0 Å². The number of nitrogens with zero attached hydrogens (tertiary/aromatic N) is 1. The van der Waals surface area contributed by atoms with Crippen molar-refractivity contribution in [1.82, 2.24) is 4.98 Å². The minimum Gasteiger partial charge on any atom is -0.260 e. The molecule has 1 heteroatoms. The monoisotopic (exact) mass is 231 g/mol. The highest BCUT2D eigenvalue weighted by Crippen LogP contribution is 2.25. The van der Waals surface area contributed by atoms with Gasteiger partial charge in [-0.1, -0.05) is 53.7 Å². The third-order valence-corrected chi connectivity index (χ3v) is 2.81. The Balaban J connectivity index is 3.10. The van der Waals surface area contributed by atoms with Crippen LogP contribution in [0.3, 0.4) is 0 Å². The molecule has 0 saturated heterocycles. The minimum atomic E-state index is 0.496. The molecular weight excluding hydrogens is 206 g/mol. The van der Waals surface area contributed by atoms with Gasteiger partial charge in [0.05, 0.1) is 0 Å². The van der Waals surface area contributed by atoms with E-state index in [1.165, 1.54) is 16.8 Å². The summed E-state index contributed by atoms with van der Waals surface area (Å²) in [6.07, 6.45) is 6.38. The van der Waals surface area contributed by atoms with E-state index in [1.54, 1.807) is 0 Å². The molecule has 0 aliphatic heterocycles. The Kier molecular flexibility index (Phi) is 4.92. The second kappa shape index (κ2) is 6.00. The largest absolute Gasteiger partial charge is 0.260 e. The Bertz CT molecular complexity index is 387. The third kappa shape index (κ3) is 3.99. The van der Waals surface area contributed by atoms with Gasteiger partial charge >= 0.3 is 0 Å². The zero-order valence-electron chi connectivity index (χ0n) is 12.0. The van der Waals surface area contributed by atoms with Gasteiger partial charge in [-0.2, -0.15) is 0 Å². The smallest absolute Gasteiger partial charge is 0.0463 e. The average molecular weight is 231 g/mol. The Hall–Kier alpha value is -1.11. The molecule has 0 aliphatic rings. The first-order valence-electron chi connectivity index (χ1n) is 6.59. The number of allylic oxidation sites excluding steroid dienone is 1. The van der Waals surface area contributed by atoms with E-state index < -0.39 is 0 Å². The fraction of sp³-hybridized carbons (Fsp3) is 0.562. The van der Waals surface area contributed by atoms with Crippen LogP contribution in [-0.2, 0) is 0 Å². The molecule has 17 heavy (non-hydrogen) atoms. The van der Waals surface area contributed by atoms with Crippen molar-refractivity contribution in [2.45, 2.75) is 53.4 Å². The van der Waals surface area contributed by atoms with E-state index >= 15 is 0 Å². The lowest BCUT2D eigenvalue weighted by atomic mass is 9.94. The maximum absolute atomic E-state index is 4.63. The van der Waals surface area contributed by atoms with E-state index in [1.807, 2.05) is 6.20 Å². The molecule has 0 bridgehead atoms. The van der Waals surface area contributed by atoms with Gasteiger partial charge in [0, 0.05) is 11.9 Å². The van der Waals surface area contributed by atoms with Crippen LogP contribution in [0.25, 0.3) is 6.08 Å². The zero-order chi connectivity index (χ0) is 13.0. The van der Waals surface area contributed by atoms with Crippen molar-refractivity contribution < 1.29 is 0 Å². The van der Waals surface area contributed by atoms with Crippen LogP contribution in [0.15, 0.2) is 18.3 Å². The summed E-state index contributed by atoms with van der Waals surface area (Å²) in [5, 5.41) is 0. The summed E-state index contributed by atoms with van der Waals surface area (Å²) in [6, 6.07) is 2.28. The standard InChI is InChI=1S/C16H25N/c1-11(2)7-8-14-9-15(12(3)4)16(13(5)6)17-10-14/h7-13H,1-6H3/b8-7+. The Morgan fingerprint density at radius 2 is 1.65 bits per heavy atom. The van der Waals surface area contributed by atoms with E-state index in [4.69, 9.17) is 0 Å². The normalized spacial score (nSPS) is 12.3. The summed E-state index contributed by atoms with van der Waals surface area (Å²) in [5.41, 5.74) is 3.83. The van der Waals surface area contributed by atoms with Gasteiger partial charge in [0.2, 0.25) is 0 Å². The second-order valence-electron chi connectivity index (χ2n) is 5.66. The maximum atomic E-state index is 4.63. The molecule has 1 heterocycles. The van der Waals surface area contributed by atoms with Gasteiger partial charge in [-0.3, -0.25) is 4.98 Å². The van der Waals surface area contributed by atoms with Crippen LogP contribution in [-0.4, -0.2) is 4.98 Å². The summed E-state index contributed by atoms with van der Waals surface area (Å²) < 4.78 is 0. The predicted octanol–water partition coefficient (Wildman–Crippen LogP) is 5.00.